The standard InChI is InChI=1S/C6H10O5/c1-3-10-5(8)6(9)11-4(2)7/h6,9H,3H2,1-2H3. The first-order valence-electron chi connectivity index (χ1n) is 3.09. The number of aliphatic hydroxyl groups is 1. The Hall–Kier alpha value is -1.10. The zero-order chi connectivity index (χ0) is 8.85. The molecule has 1 N–H and O–H groups in total. The van der Waals surface area contributed by atoms with Crippen molar-refractivity contribution in [3.8, 4) is 0 Å². The zero-order valence-electron chi connectivity index (χ0n) is 6.36. The highest BCUT2D eigenvalue weighted by molar-refractivity contribution is 5.76. The first-order chi connectivity index (χ1) is 5.07. The molecule has 0 saturated heterocycles. The van der Waals surface area contributed by atoms with E-state index in [0.29, 0.717) is 0 Å². The van der Waals surface area contributed by atoms with Crippen LogP contribution in [0.3, 0.4) is 0 Å². The van der Waals surface area contributed by atoms with Crippen molar-refractivity contribution in [1.29, 1.82) is 0 Å². The van der Waals surface area contributed by atoms with Gasteiger partial charge in [0, 0.05) is 6.92 Å². The highest BCUT2D eigenvalue weighted by Crippen LogP contribution is 1.91. The normalized spacial score (nSPS) is 11.9. The Labute approximate surface area is 63.9 Å². The van der Waals surface area contributed by atoms with Crippen molar-refractivity contribution in [2.75, 3.05) is 6.61 Å². The van der Waals surface area contributed by atoms with Gasteiger partial charge in [0.05, 0.1) is 6.61 Å². The van der Waals surface area contributed by atoms with Crippen LogP contribution in [0, 0.1) is 0 Å². The molecule has 0 aromatic carbocycles. The van der Waals surface area contributed by atoms with Gasteiger partial charge in [-0.25, -0.2) is 4.79 Å². The van der Waals surface area contributed by atoms with E-state index >= 15 is 0 Å². The van der Waals surface area contributed by atoms with Crippen LogP contribution in [0.15, 0.2) is 0 Å². The number of aliphatic hydroxyl groups excluding tert-OH is 1. The van der Waals surface area contributed by atoms with Crippen molar-refractivity contribution < 1.29 is 24.2 Å². The molecule has 1 unspecified atom stereocenters. The SMILES string of the molecule is CCOC(=O)C(O)OC(C)=O. The van der Waals surface area contributed by atoms with Gasteiger partial charge in [-0.2, -0.15) is 0 Å². The van der Waals surface area contributed by atoms with Crippen molar-refractivity contribution in [2.24, 2.45) is 0 Å². The predicted molar refractivity (Wildman–Crippen MR) is 34.4 cm³/mol. The molecule has 5 nitrogen and oxygen atoms in total. The monoisotopic (exact) mass is 162 g/mol. The van der Waals surface area contributed by atoms with Gasteiger partial charge in [0.1, 0.15) is 0 Å². The number of carbonyl (C=O) groups excluding carboxylic acids is 2. The lowest BCUT2D eigenvalue weighted by molar-refractivity contribution is -0.189. The minimum absolute atomic E-state index is 0.136. The first kappa shape index (κ1) is 9.90. The lowest BCUT2D eigenvalue weighted by atomic mass is 10.6. The summed E-state index contributed by atoms with van der Waals surface area (Å²) >= 11 is 0. The van der Waals surface area contributed by atoms with Gasteiger partial charge in [0.2, 0.25) is 0 Å². The molecule has 64 valence electrons. The van der Waals surface area contributed by atoms with Crippen molar-refractivity contribution in [1.82, 2.24) is 0 Å². The van der Waals surface area contributed by atoms with E-state index in [9.17, 15) is 9.59 Å². The molecule has 0 aromatic heterocycles. The van der Waals surface area contributed by atoms with Crippen LogP contribution in [0.2, 0.25) is 0 Å². The van der Waals surface area contributed by atoms with Gasteiger partial charge in [-0.15, -0.1) is 0 Å². The Morgan fingerprint density at radius 2 is 2.09 bits per heavy atom. The number of rotatable bonds is 3. The molecule has 5 heteroatoms. The second kappa shape index (κ2) is 4.68. The molecule has 0 heterocycles. The van der Waals surface area contributed by atoms with Gasteiger partial charge in [0.15, 0.2) is 0 Å². The molecule has 0 radical (unpaired) electrons. The van der Waals surface area contributed by atoms with E-state index in [-0.39, 0.29) is 6.61 Å². The maximum absolute atomic E-state index is 10.5. The van der Waals surface area contributed by atoms with Crippen molar-refractivity contribution >= 4 is 11.9 Å². The minimum Gasteiger partial charge on any atom is -0.461 e. The number of esters is 2. The molecule has 0 aliphatic heterocycles. The maximum atomic E-state index is 10.5. The highest BCUT2D eigenvalue weighted by atomic mass is 16.7. The molecule has 0 rings (SSSR count). The Morgan fingerprint density at radius 1 is 1.55 bits per heavy atom. The lowest BCUT2D eigenvalue weighted by Gasteiger charge is -2.08. The summed E-state index contributed by atoms with van der Waals surface area (Å²) in [7, 11) is 0. The maximum Gasteiger partial charge on any atom is 0.376 e. The number of hydrogen-bond acceptors (Lipinski definition) is 5. The van der Waals surface area contributed by atoms with E-state index in [1.165, 1.54) is 0 Å². The molecule has 0 aliphatic rings. The third kappa shape index (κ3) is 4.32. The summed E-state index contributed by atoms with van der Waals surface area (Å²) in [5.74, 6) is -1.69. The van der Waals surface area contributed by atoms with Crippen LogP contribution in [0.1, 0.15) is 13.8 Å². The van der Waals surface area contributed by atoms with Crippen LogP contribution in [-0.4, -0.2) is 29.9 Å². The van der Waals surface area contributed by atoms with Crippen LogP contribution in [0.5, 0.6) is 0 Å². The summed E-state index contributed by atoms with van der Waals surface area (Å²) in [5, 5.41) is 8.70. The quantitative estimate of drug-likeness (QED) is 0.444. The average molecular weight is 162 g/mol. The van der Waals surface area contributed by atoms with Gasteiger partial charge >= 0.3 is 11.9 Å². The van der Waals surface area contributed by atoms with Crippen molar-refractivity contribution in [3.05, 3.63) is 0 Å². The summed E-state index contributed by atoms with van der Waals surface area (Å²) < 4.78 is 8.44. The molecule has 0 spiro atoms. The van der Waals surface area contributed by atoms with Crippen molar-refractivity contribution in [3.63, 3.8) is 0 Å². The average Bonchev–Trinajstić information content (AvgIpc) is 1.86. The van der Waals surface area contributed by atoms with E-state index < -0.39 is 18.2 Å². The van der Waals surface area contributed by atoms with E-state index in [2.05, 4.69) is 9.47 Å². The van der Waals surface area contributed by atoms with Gasteiger partial charge in [-0.1, -0.05) is 0 Å². The predicted octanol–water partition coefficient (Wildman–Crippen LogP) is -0.569. The fourth-order valence-electron chi connectivity index (χ4n) is 0.419. The summed E-state index contributed by atoms with van der Waals surface area (Å²) in [5.41, 5.74) is 0. The zero-order valence-corrected chi connectivity index (χ0v) is 6.36. The smallest absolute Gasteiger partial charge is 0.376 e. The van der Waals surface area contributed by atoms with Crippen LogP contribution in [-0.2, 0) is 19.1 Å². The molecule has 11 heavy (non-hydrogen) atoms. The van der Waals surface area contributed by atoms with Crippen molar-refractivity contribution in [2.45, 2.75) is 20.1 Å². The molecule has 0 fully saturated rings. The highest BCUT2D eigenvalue weighted by Gasteiger charge is 2.18. The Morgan fingerprint density at radius 3 is 2.45 bits per heavy atom. The topological polar surface area (TPSA) is 72.8 Å². The fourth-order valence-corrected chi connectivity index (χ4v) is 0.419. The van der Waals surface area contributed by atoms with Gasteiger partial charge < -0.3 is 14.6 Å². The molecule has 0 saturated carbocycles. The van der Waals surface area contributed by atoms with E-state index in [0.717, 1.165) is 6.92 Å². The first-order valence-corrected chi connectivity index (χ1v) is 3.09. The summed E-state index contributed by atoms with van der Waals surface area (Å²) in [4.78, 5) is 20.7. The number of hydrogen-bond donors (Lipinski definition) is 1. The minimum atomic E-state index is -1.80. The van der Waals surface area contributed by atoms with Crippen LogP contribution in [0.4, 0.5) is 0 Å². The molecule has 0 amide bonds. The van der Waals surface area contributed by atoms with Crippen LogP contribution < -0.4 is 0 Å². The third-order valence-electron chi connectivity index (χ3n) is 0.766. The van der Waals surface area contributed by atoms with Gasteiger partial charge in [0.25, 0.3) is 6.29 Å². The Kier molecular flexibility index (Phi) is 4.21. The Bertz CT molecular complexity index is 153. The number of carbonyl (C=O) groups is 2. The summed E-state index contributed by atoms with van der Waals surface area (Å²) in [6.07, 6.45) is -1.80. The van der Waals surface area contributed by atoms with E-state index in [4.69, 9.17) is 5.11 Å². The Balaban J connectivity index is 3.73. The summed E-state index contributed by atoms with van der Waals surface area (Å²) in [6, 6.07) is 0. The number of ether oxygens (including phenoxy) is 2. The van der Waals surface area contributed by atoms with E-state index in [1.54, 1.807) is 6.92 Å². The molecular weight excluding hydrogens is 152 g/mol. The van der Waals surface area contributed by atoms with Crippen LogP contribution >= 0.6 is 0 Å². The largest absolute Gasteiger partial charge is 0.461 e. The van der Waals surface area contributed by atoms with E-state index in [1.807, 2.05) is 0 Å². The van der Waals surface area contributed by atoms with Gasteiger partial charge in [-0.3, -0.25) is 4.79 Å². The lowest BCUT2D eigenvalue weighted by Crippen LogP contribution is -2.27. The molecule has 0 bridgehead atoms. The molecule has 0 aliphatic carbocycles. The molecular formula is C6H10O5. The van der Waals surface area contributed by atoms with Crippen LogP contribution in [0.25, 0.3) is 0 Å². The summed E-state index contributed by atoms with van der Waals surface area (Å²) in [6.45, 7) is 2.80. The molecule has 1 atom stereocenters. The molecule has 0 aromatic rings. The van der Waals surface area contributed by atoms with Gasteiger partial charge in [-0.05, 0) is 6.92 Å². The fraction of sp³-hybridized carbons (Fsp3) is 0.667. The second-order valence-electron chi connectivity index (χ2n) is 1.71. The third-order valence-corrected chi connectivity index (χ3v) is 0.766. The second-order valence-corrected chi connectivity index (χ2v) is 1.71.